The Balaban J connectivity index is 3.96. The van der Waals surface area contributed by atoms with Gasteiger partial charge < -0.3 is 20.1 Å². The lowest BCUT2D eigenvalue weighted by Crippen LogP contribution is -2.29. The molecule has 3 N–H and O–H groups in total. The van der Waals surface area contributed by atoms with Crippen molar-refractivity contribution in [2.45, 2.75) is 290 Å². The number of allylic oxidation sites excluding steroid dienone is 34. The number of carbonyl (C=O) groups excluding carboxylic acids is 2. The van der Waals surface area contributed by atoms with Gasteiger partial charge in [0.2, 0.25) is 0 Å². The van der Waals surface area contributed by atoms with Gasteiger partial charge >= 0.3 is 19.8 Å². The van der Waals surface area contributed by atoms with Crippen LogP contribution >= 0.6 is 7.82 Å². The Morgan fingerprint density at radius 3 is 0.811 bits per heavy atom. The maximum Gasteiger partial charge on any atom is 0.472 e. The van der Waals surface area contributed by atoms with Crippen LogP contribution in [-0.2, 0) is 32.7 Å². The van der Waals surface area contributed by atoms with Crippen LogP contribution in [-0.4, -0.2) is 49.3 Å². The summed E-state index contributed by atoms with van der Waals surface area (Å²) in [5, 5.41) is 0. The molecule has 2 unspecified atom stereocenters. The summed E-state index contributed by atoms with van der Waals surface area (Å²) in [5.74, 6) is -0.845. The standard InChI is InChI=1S/C85H136NO8P/c1-3-5-7-9-11-13-15-17-19-21-23-25-27-29-31-33-35-37-39-40-41-42-44-46-48-50-52-54-56-58-60-62-64-66-68-70-72-74-76-78-85(88)94-83(82-93-95(89,90)92-80-79-86)81-91-84(87)77-75-73-71-69-67-65-63-61-59-57-55-53-51-49-47-45-43-38-36-34-32-30-28-26-24-22-20-18-16-14-12-10-8-6-4-2/h5-8,11-14,17-20,23-26,29-32,35-38,40-41,44-47,50-53,83H,3-4,9-10,15-16,21-22,27-28,33-34,39,42-43,48-49,54-82,86H2,1-2H3,(H,89,90)/b7-5-,8-6-,13-11-,14-12-,19-17-,20-18-,25-23-,26-24-,31-29-,32-30-,37-35-,38-36-,41-40-,46-44-,47-45-,52-50-,53-51-. The number of carbonyl (C=O) groups is 2. The van der Waals surface area contributed by atoms with Crippen molar-refractivity contribution in [1.29, 1.82) is 0 Å². The molecule has 0 heterocycles. The van der Waals surface area contributed by atoms with E-state index >= 15 is 0 Å². The first-order valence-electron chi connectivity index (χ1n) is 37.6. The van der Waals surface area contributed by atoms with Crippen LogP contribution in [0.4, 0.5) is 0 Å². The average Bonchev–Trinajstić information content (AvgIpc) is 3.16. The molecule has 95 heavy (non-hydrogen) atoms. The molecule has 0 aliphatic carbocycles. The fourth-order valence-corrected chi connectivity index (χ4v) is 10.5. The van der Waals surface area contributed by atoms with E-state index in [4.69, 9.17) is 24.3 Å². The molecule has 10 heteroatoms. The molecule has 0 amide bonds. The van der Waals surface area contributed by atoms with E-state index in [0.717, 1.165) is 167 Å². The fourth-order valence-electron chi connectivity index (χ4n) is 9.70. The molecule has 0 saturated heterocycles. The van der Waals surface area contributed by atoms with Gasteiger partial charge in [-0.25, -0.2) is 4.57 Å². The fraction of sp³-hybridized carbons (Fsp3) is 0.576. The largest absolute Gasteiger partial charge is 0.472 e. The van der Waals surface area contributed by atoms with E-state index in [1.54, 1.807) is 0 Å². The molecule has 0 aliphatic rings. The Hall–Kier alpha value is -5.41. The Labute approximate surface area is 582 Å². The van der Waals surface area contributed by atoms with E-state index in [1.807, 2.05) is 0 Å². The maximum atomic E-state index is 12.8. The number of ether oxygens (including phenoxy) is 2. The van der Waals surface area contributed by atoms with E-state index in [0.29, 0.717) is 6.42 Å². The number of hydrogen-bond acceptors (Lipinski definition) is 8. The molecule has 0 fully saturated rings. The zero-order valence-corrected chi connectivity index (χ0v) is 61.0. The number of nitrogens with two attached hydrogens (primary N) is 1. The molecule has 0 aromatic carbocycles. The van der Waals surface area contributed by atoms with E-state index in [1.165, 1.54) is 83.5 Å². The van der Waals surface area contributed by atoms with Gasteiger partial charge in [0.05, 0.1) is 13.2 Å². The highest BCUT2D eigenvalue weighted by atomic mass is 31.2. The van der Waals surface area contributed by atoms with Crippen LogP contribution in [0, 0.1) is 0 Å². The molecule has 534 valence electrons. The minimum Gasteiger partial charge on any atom is -0.462 e. The van der Waals surface area contributed by atoms with Crippen LogP contribution in [0.5, 0.6) is 0 Å². The Bertz CT molecular complexity index is 2320. The lowest BCUT2D eigenvalue weighted by molar-refractivity contribution is -0.161. The molecule has 0 aromatic rings. The van der Waals surface area contributed by atoms with Crippen molar-refractivity contribution in [2.24, 2.45) is 5.73 Å². The molecule has 0 aliphatic heterocycles. The SMILES string of the molecule is CC/C=C\C/C=C\C/C=C\C/C=C\C/C=C\C/C=C\C/C=C\C/C=C\C/C=C\CCCCCCCCCCCCCC(=O)OC(COC(=O)CCCCCCCCCCCC/C=C\C/C=C\C/C=C\C/C=C\C/C=C\C/C=C\C/C=C\C/C=C\CC)COP(=O)(O)OCCN. The summed E-state index contributed by atoms with van der Waals surface area (Å²) in [4.78, 5) is 35.4. The summed E-state index contributed by atoms with van der Waals surface area (Å²) in [5.41, 5.74) is 5.41. The normalized spacial score (nSPS) is 14.1. The third kappa shape index (κ3) is 77.5. The molecule has 9 nitrogen and oxygen atoms in total. The van der Waals surface area contributed by atoms with Gasteiger partial charge in [0.15, 0.2) is 6.10 Å². The van der Waals surface area contributed by atoms with Crippen LogP contribution < -0.4 is 5.73 Å². The zero-order valence-electron chi connectivity index (χ0n) is 60.1. The second kappa shape index (κ2) is 77.6. The van der Waals surface area contributed by atoms with Crippen LogP contribution in [0.15, 0.2) is 207 Å². The highest BCUT2D eigenvalue weighted by Crippen LogP contribution is 2.43. The van der Waals surface area contributed by atoms with Crippen LogP contribution in [0.3, 0.4) is 0 Å². The third-order valence-corrected chi connectivity index (χ3v) is 16.1. The number of phosphoric ester groups is 1. The number of hydrogen-bond donors (Lipinski definition) is 2. The third-order valence-electron chi connectivity index (χ3n) is 15.2. The molecule has 0 saturated carbocycles. The van der Waals surface area contributed by atoms with Gasteiger partial charge in [0.1, 0.15) is 6.61 Å². The summed E-state index contributed by atoms with van der Waals surface area (Å²) in [6.07, 6.45) is 119. The average molecular weight is 1330 g/mol. The van der Waals surface area contributed by atoms with Gasteiger partial charge in [0.25, 0.3) is 0 Å². The number of unbranched alkanes of at least 4 members (excludes halogenated alkanes) is 21. The van der Waals surface area contributed by atoms with Gasteiger partial charge in [-0.05, 0) is 148 Å². The minimum absolute atomic E-state index is 0.0428. The molecular weight excluding hydrogens is 1190 g/mol. The summed E-state index contributed by atoms with van der Waals surface area (Å²) in [6, 6.07) is 0. The van der Waals surface area contributed by atoms with E-state index in [2.05, 4.69) is 220 Å². The summed E-state index contributed by atoms with van der Waals surface area (Å²) < 4.78 is 33.2. The lowest BCUT2D eigenvalue weighted by Gasteiger charge is -2.19. The topological polar surface area (TPSA) is 134 Å². The first-order chi connectivity index (χ1) is 46.8. The van der Waals surface area contributed by atoms with Crippen molar-refractivity contribution in [3.8, 4) is 0 Å². The summed E-state index contributed by atoms with van der Waals surface area (Å²) in [7, 11) is -4.41. The molecule has 0 bridgehead atoms. The second-order valence-electron chi connectivity index (χ2n) is 24.0. The highest BCUT2D eigenvalue weighted by Gasteiger charge is 2.26. The van der Waals surface area contributed by atoms with Crippen molar-refractivity contribution in [1.82, 2.24) is 0 Å². The van der Waals surface area contributed by atoms with Crippen molar-refractivity contribution >= 4 is 19.8 Å². The van der Waals surface area contributed by atoms with Crippen molar-refractivity contribution in [3.05, 3.63) is 207 Å². The number of rotatable bonds is 68. The molecule has 0 spiro atoms. The number of esters is 2. The van der Waals surface area contributed by atoms with E-state index in [-0.39, 0.29) is 32.6 Å². The molecule has 0 aromatic heterocycles. The summed E-state index contributed by atoms with van der Waals surface area (Å²) in [6.45, 7) is 3.50. The summed E-state index contributed by atoms with van der Waals surface area (Å²) >= 11 is 0. The van der Waals surface area contributed by atoms with E-state index in [9.17, 15) is 19.0 Å². The molecular formula is C85H136NO8P. The van der Waals surface area contributed by atoms with Gasteiger partial charge in [-0.15, -0.1) is 0 Å². The van der Waals surface area contributed by atoms with Crippen molar-refractivity contribution in [2.75, 3.05) is 26.4 Å². The quantitative estimate of drug-likeness (QED) is 0.0264. The van der Waals surface area contributed by atoms with Crippen LogP contribution in [0.25, 0.3) is 0 Å². The van der Waals surface area contributed by atoms with E-state index < -0.39 is 32.5 Å². The maximum absolute atomic E-state index is 12.8. The Kier molecular flexibility index (Phi) is 73.2. The monoisotopic (exact) mass is 1330 g/mol. The van der Waals surface area contributed by atoms with Crippen molar-refractivity contribution in [3.63, 3.8) is 0 Å². The smallest absolute Gasteiger partial charge is 0.462 e. The highest BCUT2D eigenvalue weighted by molar-refractivity contribution is 7.47. The Morgan fingerprint density at radius 1 is 0.316 bits per heavy atom. The Morgan fingerprint density at radius 2 is 0.547 bits per heavy atom. The van der Waals surface area contributed by atoms with Gasteiger partial charge in [-0.3, -0.25) is 18.6 Å². The number of phosphoric acid groups is 1. The predicted octanol–water partition coefficient (Wildman–Crippen LogP) is 25.4. The predicted molar refractivity (Wildman–Crippen MR) is 412 cm³/mol. The van der Waals surface area contributed by atoms with Crippen LogP contribution in [0.1, 0.15) is 284 Å². The minimum atomic E-state index is -4.41. The first-order valence-corrected chi connectivity index (χ1v) is 39.1. The first kappa shape index (κ1) is 89.6. The van der Waals surface area contributed by atoms with Crippen molar-refractivity contribution < 1.29 is 37.6 Å². The zero-order chi connectivity index (χ0) is 68.6. The lowest BCUT2D eigenvalue weighted by atomic mass is 10.0. The van der Waals surface area contributed by atoms with Gasteiger partial charge in [0, 0.05) is 19.4 Å². The molecule has 2 atom stereocenters. The second-order valence-corrected chi connectivity index (χ2v) is 25.5. The van der Waals surface area contributed by atoms with Gasteiger partial charge in [-0.1, -0.05) is 330 Å². The van der Waals surface area contributed by atoms with Crippen LogP contribution in [0.2, 0.25) is 0 Å². The van der Waals surface area contributed by atoms with Gasteiger partial charge in [-0.2, -0.15) is 0 Å². The molecule has 0 rings (SSSR count). The molecule has 0 radical (unpaired) electrons.